The highest BCUT2D eigenvalue weighted by atomic mass is 32.2. The Bertz CT molecular complexity index is 915. The number of carbonyl (C=O) groups excluding carboxylic acids is 2. The van der Waals surface area contributed by atoms with Gasteiger partial charge in [-0.2, -0.15) is 9.67 Å². The van der Waals surface area contributed by atoms with Gasteiger partial charge in [0.05, 0.1) is 0 Å². The molecule has 7 heteroatoms. The van der Waals surface area contributed by atoms with Gasteiger partial charge in [0.25, 0.3) is 0 Å². The van der Waals surface area contributed by atoms with Crippen molar-refractivity contribution in [2.45, 2.75) is 24.8 Å². The third-order valence-electron chi connectivity index (χ3n) is 3.40. The number of nitrogens with one attached hydrogen (secondary N) is 1. The summed E-state index contributed by atoms with van der Waals surface area (Å²) in [6.45, 7) is 2.78. The molecule has 6 nitrogen and oxygen atoms in total. The van der Waals surface area contributed by atoms with Crippen LogP contribution >= 0.6 is 11.8 Å². The number of aromatic nitrogens is 3. The summed E-state index contributed by atoms with van der Waals surface area (Å²) >= 11 is 1.41. The van der Waals surface area contributed by atoms with E-state index in [4.69, 9.17) is 0 Å². The number of nitrogens with zero attached hydrogens (tertiary/aromatic N) is 3. The number of anilines is 1. The minimum absolute atomic E-state index is 0.137. The van der Waals surface area contributed by atoms with Gasteiger partial charge in [-0.1, -0.05) is 54.2 Å². The first kappa shape index (κ1) is 16.2. The van der Waals surface area contributed by atoms with Crippen LogP contribution in [0.1, 0.15) is 24.2 Å². The Hall–Kier alpha value is -2.67. The number of fused-ring (bicyclic) bond motifs is 1. The molecule has 0 atom stereocenters. The topological polar surface area (TPSA) is 76.9 Å². The Morgan fingerprint density at radius 1 is 1.12 bits per heavy atom. The molecule has 1 aromatic heterocycles. The van der Waals surface area contributed by atoms with E-state index in [1.165, 1.54) is 41.1 Å². The zero-order valence-electron chi connectivity index (χ0n) is 13.3. The lowest BCUT2D eigenvalue weighted by Gasteiger charge is -2.06. The molecular formula is C17H16N4O2S. The van der Waals surface area contributed by atoms with Crippen LogP contribution in [0.3, 0.4) is 0 Å². The van der Waals surface area contributed by atoms with Gasteiger partial charge < -0.3 is 0 Å². The second-order valence-electron chi connectivity index (χ2n) is 5.26. The van der Waals surface area contributed by atoms with Crippen molar-refractivity contribution in [3.05, 3.63) is 48.0 Å². The highest BCUT2D eigenvalue weighted by molar-refractivity contribution is 7.98. The van der Waals surface area contributed by atoms with Crippen molar-refractivity contribution >= 4 is 40.3 Å². The number of rotatable bonds is 4. The minimum Gasteiger partial charge on any atom is -0.293 e. The third kappa shape index (κ3) is 3.46. The molecule has 122 valence electrons. The van der Waals surface area contributed by atoms with Crippen LogP contribution in [0.2, 0.25) is 0 Å². The van der Waals surface area contributed by atoms with Gasteiger partial charge in [0.2, 0.25) is 17.8 Å². The van der Waals surface area contributed by atoms with E-state index >= 15 is 0 Å². The molecule has 2 aromatic carbocycles. The first-order valence-electron chi connectivity index (χ1n) is 7.39. The molecular weight excluding hydrogens is 324 g/mol. The molecule has 0 aliphatic rings. The van der Waals surface area contributed by atoms with Crippen molar-refractivity contribution < 1.29 is 9.59 Å². The molecule has 0 aliphatic heterocycles. The maximum Gasteiger partial charge on any atom is 0.250 e. The summed E-state index contributed by atoms with van der Waals surface area (Å²) in [6, 6.07) is 14.3. The first-order valence-corrected chi connectivity index (χ1v) is 8.38. The molecule has 0 aliphatic carbocycles. The number of benzene rings is 2. The lowest BCUT2D eigenvalue weighted by Crippen LogP contribution is -2.11. The van der Waals surface area contributed by atoms with Crippen LogP contribution in [0.5, 0.6) is 0 Å². The Morgan fingerprint density at radius 3 is 2.62 bits per heavy atom. The predicted molar refractivity (Wildman–Crippen MR) is 94.1 cm³/mol. The van der Waals surface area contributed by atoms with E-state index in [0.717, 1.165) is 5.56 Å². The minimum atomic E-state index is -0.277. The molecule has 1 N–H and O–H groups in total. The lowest BCUT2D eigenvalue weighted by molar-refractivity contribution is -0.114. The lowest BCUT2D eigenvalue weighted by atomic mass is 10.1. The van der Waals surface area contributed by atoms with Crippen molar-refractivity contribution in [1.82, 2.24) is 14.8 Å². The first-order chi connectivity index (χ1) is 11.5. The van der Waals surface area contributed by atoms with Crippen LogP contribution in [0, 0.1) is 0 Å². The van der Waals surface area contributed by atoms with Crippen LogP contribution in [-0.2, 0) is 10.5 Å². The molecule has 0 unspecified atom stereocenters. The maximum atomic E-state index is 11.7. The van der Waals surface area contributed by atoms with Crippen LogP contribution in [0.15, 0.2) is 47.6 Å². The largest absolute Gasteiger partial charge is 0.293 e. The van der Waals surface area contributed by atoms with Crippen LogP contribution in [-0.4, -0.2) is 26.6 Å². The molecule has 1 amide bonds. The zero-order valence-corrected chi connectivity index (χ0v) is 14.1. The zero-order chi connectivity index (χ0) is 17.1. The quantitative estimate of drug-likeness (QED) is 0.737. The number of hydrogen-bond acceptors (Lipinski definition) is 5. The van der Waals surface area contributed by atoms with E-state index in [9.17, 15) is 9.59 Å². The Labute approximate surface area is 143 Å². The van der Waals surface area contributed by atoms with Gasteiger partial charge in [0, 0.05) is 19.6 Å². The van der Waals surface area contributed by atoms with Crippen LogP contribution < -0.4 is 5.32 Å². The van der Waals surface area contributed by atoms with E-state index < -0.39 is 0 Å². The van der Waals surface area contributed by atoms with E-state index in [1.807, 2.05) is 18.2 Å². The van der Waals surface area contributed by atoms with Crippen molar-refractivity contribution in [3.63, 3.8) is 0 Å². The molecule has 1 heterocycles. The maximum absolute atomic E-state index is 11.7. The Morgan fingerprint density at radius 2 is 1.88 bits per heavy atom. The second kappa shape index (κ2) is 6.84. The van der Waals surface area contributed by atoms with Gasteiger partial charge in [-0.15, -0.1) is 5.10 Å². The number of thioether (sulfide) groups is 1. The Kier molecular flexibility index (Phi) is 4.61. The van der Waals surface area contributed by atoms with Gasteiger partial charge in [-0.25, -0.2) is 0 Å². The summed E-state index contributed by atoms with van der Waals surface area (Å²) in [4.78, 5) is 27.1. The highest BCUT2D eigenvalue weighted by Crippen LogP contribution is 2.27. The van der Waals surface area contributed by atoms with E-state index in [-0.39, 0.29) is 17.8 Å². The summed E-state index contributed by atoms with van der Waals surface area (Å²) in [5, 5.41) is 9.32. The van der Waals surface area contributed by atoms with E-state index in [2.05, 4.69) is 39.7 Å². The fourth-order valence-corrected chi connectivity index (χ4v) is 3.35. The van der Waals surface area contributed by atoms with Crippen LogP contribution in [0.4, 0.5) is 5.95 Å². The monoisotopic (exact) mass is 340 g/mol. The summed E-state index contributed by atoms with van der Waals surface area (Å²) in [5.41, 5.74) is 1.15. The molecule has 0 bridgehead atoms. The smallest absolute Gasteiger partial charge is 0.250 e. The summed E-state index contributed by atoms with van der Waals surface area (Å²) < 4.78 is 1.21. The fourth-order valence-electron chi connectivity index (χ4n) is 2.37. The van der Waals surface area contributed by atoms with Crippen molar-refractivity contribution in [1.29, 1.82) is 0 Å². The van der Waals surface area contributed by atoms with Crippen molar-refractivity contribution in [3.8, 4) is 0 Å². The van der Waals surface area contributed by atoms with Crippen molar-refractivity contribution in [2.75, 3.05) is 5.32 Å². The highest BCUT2D eigenvalue weighted by Gasteiger charge is 2.15. The molecule has 0 fully saturated rings. The molecule has 0 spiro atoms. The molecule has 0 saturated carbocycles. The average molecular weight is 340 g/mol. The van der Waals surface area contributed by atoms with Gasteiger partial charge >= 0.3 is 0 Å². The average Bonchev–Trinajstić information content (AvgIpc) is 2.95. The summed E-state index contributed by atoms with van der Waals surface area (Å²) in [5.74, 6) is 0.256. The summed E-state index contributed by atoms with van der Waals surface area (Å²) in [6.07, 6.45) is 0. The van der Waals surface area contributed by atoms with Crippen LogP contribution in [0.25, 0.3) is 10.8 Å². The second-order valence-corrected chi connectivity index (χ2v) is 6.20. The van der Waals surface area contributed by atoms with Gasteiger partial charge in [0.1, 0.15) is 0 Å². The van der Waals surface area contributed by atoms with E-state index in [0.29, 0.717) is 10.9 Å². The SMILES string of the molecule is CC(=O)Nc1nc(SCc2cccc3ccccc23)n(C(C)=O)n1. The Balaban J connectivity index is 1.86. The standard InChI is InChI=1S/C17H16N4O2S/c1-11(22)18-16-19-17(21(20-16)12(2)23)24-10-14-8-5-7-13-6-3-4-9-15(13)14/h3-9H,10H2,1-2H3,(H,18,20,22). The fraction of sp³-hybridized carbons (Fsp3) is 0.176. The third-order valence-corrected chi connectivity index (χ3v) is 4.38. The number of hydrogen-bond donors (Lipinski definition) is 1. The number of carbonyl (C=O) groups is 2. The predicted octanol–water partition coefficient (Wildman–Crippen LogP) is 3.34. The molecule has 3 rings (SSSR count). The van der Waals surface area contributed by atoms with E-state index in [1.54, 1.807) is 0 Å². The number of amides is 1. The molecule has 3 aromatic rings. The van der Waals surface area contributed by atoms with Gasteiger partial charge in [0.15, 0.2) is 5.16 Å². The molecule has 0 radical (unpaired) electrons. The molecule has 0 saturated heterocycles. The van der Waals surface area contributed by atoms with Crippen molar-refractivity contribution in [2.24, 2.45) is 0 Å². The van der Waals surface area contributed by atoms with Gasteiger partial charge in [-0.05, 0) is 16.3 Å². The molecule has 24 heavy (non-hydrogen) atoms. The summed E-state index contributed by atoms with van der Waals surface area (Å²) in [7, 11) is 0. The normalized spacial score (nSPS) is 10.8. The van der Waals surface area contributed by atoms with Gasteiger partial charge in [-0.3, -0.25) is 14.9 Å².